The maximum absolute atomic E-state index is 8.66. The van der Waals surface area contributed by atoms with E-state index in [2.05, 4.69) is 21.3 Å². The summed E-state index contributed by atoms with van der Waals surface area (Å²) in [7, 11) is 0. The predicted octanol–water partition coefficient (Wildman–Crippen LogP) is 2.24. The third-order valence-electron chi connectivity index (χ3n) is 2.17. The molecule has 0 amide bonds. The number of rotatable bonds is 6. The van der Waals surface area contributed by atoms with Crippen LogP contribution >= 0.6 is 11.8 Å². The van der Waals surface area contributed by atoms with Gasteiger partial charge in [0.05, 0.1) is 18.2 Å². The van der Waals surface area contributed by atoms with E-state index < -0.39 is 0 Å². The molecule has 1 heterocycles. The van der Waals surface area contributed by atoms with Gasteiger partial charge >= 0.3 is 0 Å². The highest BCUT2D eigenvalue weighted by atomic mass is 32.2. The Hall–Kier alpha value is -2.00. The van der Waals surface area contributed by atoms with Crippen LogP contribution in [0, 0.1) is 11.3 Å². The molecule has 0 aliphatic rings. The van der Waals surface area contributed by atoms with Crippen molar-refractivity contribution in [1.29, 1.82) is 5.26 Å². The predicted molar refractivity (Wildman–Crippen MR) is 68.4 cm³/mol. The van der Waals surface area contributed by atoms with Crippen molar-refractivity contribution in [2.75, 3.05) is 12.4 Å². The fraction of sp³-hybridized carbons (Fsp3) is 0.250. The maximum Gasteiger partial charge on any atom is 0.183 e. The largest absolute Gasteiger partial charge is 0.494 e. The lowest BCUT2D eigenvalue weighted by Gasteiger charge is -2.05. The number of nitriles is 1. The molecule has 0 atom stereocenters. The van der Waals surface area contributed by atoms with Crippen molar-refractivity contribution in [2.24, 2.45) is 0 Å². The number of aromatic amines is 1. The highest BCUT2D eigenvalue weighted by molar-refractivity contribution is 7.99. The summed E-state index contributed by atoms with van der Waals surface area (Å²) in [6, 6.07) is 9.18. The molecule has 5 nitrogen and oxygen atoms in total. The monoisotopic (exact) mass is 260 g/mol. The van der Waals surface area contributed by atoms with Crippen LogP contribution in [0.4, 0.5) is 0 Å². The molecule has 1 N–H and O–H groups in total. The van der Waals surface area contributed by atoms with Crippen LogP contribution < -0.4 is 4.74 Å². The molecule has 2 aromatic rings. The normalized spacial score (nSPS) is 9.94. The Morgan fingerprint density at radius 1 is 1.33 bits per heavy atom. The van der Waals surface area contributed by atoms with Gasteiger partial charge in [0, 0.05) is 5.75 Å². The Labute approximate surface area is 109 Å². The van der Waals surface area contributed by atoms with Gasteiger partial charge in [-0.1, -0.05) is 11.8 Å². The van der Waals surface area contributed by atoms with Gasteiger partial charge in [0.2, 0.25) is 0 Å². The van der Waals surface area contributed by atoms with E-state index in [9.17, 15) is 0 Å². The first-order chi connectivity index (χ1) is 8.88. The lowest BCUT2D eigenvalue weighted by molar-refractivity contribution is 0.318. The van der Waals surface area contributed by atoms with E-state index in [0.29, 0.717) is 12.2 Å². The van der Waals surface area contributed by atoms with Crippen molar-refractivity contribution in [2.45, 2.75) is 11.6 Å². The molecule has 0 bridgehead atoms. The minimum absolute atomic E-state index is 0.642. The third kappa shape index (κ3) is 3.79. The van der Waals surface area contributed by atoms with Crippen LogP contribution in [0.15, 0.2) is 35.7 Å². The Morgan fingerprint density at radius 2 is 2.17 bits per heavy atom. The number of thioether (sulfide) groups is 1. The van der Waals surface area contributed by atoms with Gasteiger partial charge in [-0.05, 0) is 30.7 Å². The summed E-state index contributed by atoms with van der Waals surface area (Å²) >= 11 is 1.62. The zero-order valence-corrected chi connectivity index (χ0v) is 10.5. The molecule has 0 unspecified atom stereocenters. The molecule has 0 aliphatic heterocycles. The van der Waals surface area contributed by atoms with Crippen LogP contribution in [0.2, 0.25) is 0 Å². The lowest BCUT2D eigenvalue weighted by Crippen LogP contribution is -1.98. The molecule has 0 radical (unpaired) electrons. The van der Waals surface area contributed by atoms with Gasteiger partial charge in [-0.3, -0.25) is 5.10 Å². The topological polar surface area (TPSA) is 74.6 Å². The molecule has 0 spiro atoms. The van der Waals surface area contributed by atoms with Crippen LogP contribution in [-0.2, 0) is 0 Å². The van der Waals surface area contributed by atoms with Gasteiger partial charge in [0.1, 0.15) is 12.1 Å². The Kier molecular flexibility index (Phi) is 4.61. The number of nitrogens with one attached hydrogen (secondary N) is 1. The molecular formula is C12H12N4OS. The standard InChI is InChI=1S/C12H12N4OS/c13-8-10-2-4-11(5-3-10)17-6-1-7-18-12-14-9-15-16-12/h2-5,9H,1,6-7H2,(H,14,15,16). The first-order valence-electron chi connectivity index (χ1n) is 5.49. The van der Waals surface area contributed by atoms with E-state index in [0.717, 1.165) is 23.1 Å². The van der Waals surface area contributed by atoms with Gasteiger partial charge in [-0.15, -0.1) is 0 Å². The summed E-state index contributed by atoms with van der Waals surface area (Å²) in [5, 5.41) is 16.0. The van der Waals surface area contributed by atoms with Gasteiger partial charge in [-0.2, -0.15) is 10.4 Å². The number of hydrogen-bond acceptors (Lipinski definition) is 5. The number of nitrogens with zero attached hydrogens (tertiary/aromatic N) is 3. The molecule has 0 saturated heterocycles. The summed E-state index contributed by atoms with van der Waals surface area (Å²) in [6.07, 6.45) is 2.42. The average molecular weight is 260 g/mol. The van der Waals surface area contributed by atoms with Crippen LogP contribution in [0.25, 0.3) is 0 Å². The smallest absolute Gasteiger partial charge is 0.183 e. The van der Waals surface area contributed by atoms with Crippen LogP contribution in [-0.4, -0.2) is 27.5 Å². The van der Waals surface area contributed by atoms with Crippen LogP contribution in [0.1, 0.15) is 12.0 Å². The summed E-state index contributed by atoms with van der Waals surface area (Å²) in [6.45, 7) is 0.646. The van der Waals surface area contributed by atoms with E-state index in [1.165, 1.54) is 6.33 Å². The molecule has 6 heteroatoms. The van der Waals surface area contributed by atoms with Crippen molar-refractivity contribution in [3.05, 3.63) is 36.2 Å². The first-order valence-corrected chi connectivity index (χ1v) is 6.48. The maximum atomic E-state index is 8.66. The van der Waals surface area contributed by atoms with E-state index in [1.807, 2.05) is 12.1 Å². The van der Waals surface area contributed by atoms with Crippen LogP contribution in [0.3, 0.4) is 0 Å². The molecule has 2 rings (SSSR count). The second kappa shape index (κ2) is 6.67. The molecule has 1 aromatic heterocycles. The Morgan fingerprint density at radius 3 is 2.83 bits per heavy atom. The fourth-order valence-corrected chi connectivity index (χ4v) is 2.00. The van der Waals surface area contributed by atoms with Crippen molar-refractivity contribution >= 4 is 11.8 Å². The second-order valence-electron chi connectivity index (χ2n) is 3.48. The first kappa shape index (κ1) is 12.5. The Bertz CT molecular complexity index is 504. The molecule has 1 aromatic carbocycles. The summed E-state index contributed by atoms with van der Waals surface area (Å²) < 4.78 is 5.56. The summed E-state index contributed by atoms with van der Waals surface area (Å²) in [5.74, 6) is 1.71. The highest BCUT2D eigenvalue weighted by Gasteiger charge is 1.98. The summed E-state index contributed by atoms with van der Waals surface area (Å²) in [5.41, 5.74) is 0.642. The minimum Gasteiger partial charge on any atom is -0.494 e. The molecule has 92 valence electrons. The van der Waals surface area contributed by atoms with Crippen LogP contribution in [0.5, 0.6) is 5.75 Å². The van der Waals surface area contributed by atoms with Gasteiger partial charge in [-0.25, -0.2) is 4.98 Å². The second-order valence-corrected chi connectivity index (χ2v) is 4.56. The van der Waals surface area contributed by atoms with Gasteiger partial charge < -0.3 is 4.74 Å². The molecule has 0 saturated carbocycles. The third-order valence-corrected chi connectivity index (χ3v) is 3.14. The average Bonchev–Trinajstić information content (AvgIpc) is 2.92. The number of benzene rings is 1. The zero-order chi connectivity index (χ0) is 12.6. The number of H-pyrrole nitrogens is 1. The Balaban J connectivity index is 1.64. The number of ether oxygens (including phenoxy) is 1. The highest BCUT2D eigenvalue weighted by Crippen LogP contribution is 2.14. The molecule has 0 fully saturated rings. The SMILES string of the molecule is N#Cc1ccc(OCCCSc2ncn[nH]2)cc1. The van der Waals surface area contributed by atoms with E-state index in [-0.39, 0.29) is 0 Å². The zero-order valence-electron chi connectivity index (χ0n) is 9.67. The van der Waals surface area contributed by atoms with E-state index >= 15 is 0 Å². The number of aromatic nitrogens is 3. The molecular weight excluding hydrogens is 248 g/mol. The summed E-state index contributed by atoms with van der Waals surface area (Å²) in [4.78, 5) is 4.02. The van der Waals surface area contributed by atoms with Crippen molar-refractivity contribution in [3.63, 3.8) is 0 Å². The lowest BCUT2D eigenvalue weighted by atomic mass is 10.2. The van der Waals surface area contributed by atoms with Crippen molar-refractivity contribution in [1.82, 2.24) is 15.2 Å². The molecule has 18 heavy (non-hydrogen) atoms. The van der Waals surface area contributed by atoms with Crippen molar-refractivity contribution in [3.8, 4) is 11.8 Å². The van der Waals surface area contributed by atoms with Gasteiger partial charge in [0.25, 0.3) is 0 Å². The van der Waals surface area contributed by atoms with Gasteiger partial charge in [0.15, 0.2) is 5.16 Å². The van der Waals surface area contributed by atoms with E-state index in [4.69, 9.17) is 10.00 Å². The quantitative estimate of drug-likeness (QED) is 0.637. The van der Waals surface area contributed by atoms with E-state index in [1.54, 1.807) is 23.9 Å². The molecule has 0 aliphatic carbocycles. The van der Waals surface area contributed by atoms with Crippen molar-refractivity contribution < 1.29 is 4.74 Å². The fourth-order valence-electron chi connectivity index (χ4n) is 1.31. The minimum atomic E-state index is 0.642. The number of hydrogen-bond donors (Lipinski definition) is 1.